The fourth-order valence-corrected chi connectivity index (χ4v) is 1.91. The monoisotopic (exact) mass is 275 g/mol. The van der Waals surface area contributed by atoms with Crippen molar-refractivity contribution in [1.29, 1.82) is 0 Å². The minimum absolute atomic E-state index is 0.230. The van der Waals surface area contributed by atoms with Crippen LogP contribution in [0.2, 0.25) is 0 Å². The molecule has 1 amide bonds. The van der Waals surface area contributed by atoms with Crippen LogP contribution in [0.3, 0.4) is 0 Å². The molecule has 0 bridgehead atoms. The highest BCUT2D eigenvalue weighted by atomic mass is 16.6. The molecule has 0 radical (unpaired) electrons. The first-order chi connectivity index (χ1) is 9.40. The Hall–Kier alpha value is -2.01. The summed E-state index contributed by atoms with van der Waals surface area (Å²) in [6.45, 7) is 0.462. The molecular weight excluding hydrogens is 261 g/mol. The summed E-state index contributed by atoms with van der Waals surface area (Å²) in [6, 6.07) is 6.30. The molecule has 1 saturated heterocycles. The lowest BCUT2D eigenvalue weighted by molar-refractivity contribution is -0.137. The van der Waals surface area contributed by atoms with Crippen LogP contribution in [0.4, 0.5) is 0 Å². The van der Waals surface area contributed by atoms with E-state index in [1.165, 1.54) is 17.0 Å². The van der Waals surface area contributed by atoms with E-state index in [4.69, 9.17) is 14.7 Å². The van der Waals surface area contributed by atoms with Gasteiger partial charge in [0.1, 0.15) is 5.75 Å². The first-order valence-electron chi connectivity index (χ1n) is 6.05. The van der Waals surface area contributed by atoms with E-state index in [1.54, 1.807) is 19.2 Å². The molecule has 6 nitrogen and oxygen atoms in total. The molecule has 0 saturated carbocycles. The number of hydrogen-bond acceptors (Lipinski definition) is 5. The Balaban J connectivity index is 2.19. The van der Waals surface area contributed by atoms with E-state index in [2.05, 4.69) is 11.8 Å². The zero-order valence-corrected chi connectivity index (χ0v) is 10.9. The van der Waals surface area contributed by atoms with Crippen molar-refractivity contribution >= 4 is 13.2 Å². The second-order valence-corrected chi connectivity index (χ2v) is 4.56. The van der Waals surface area contributed by atoms with Crippen LogP contribution >= 0.6 is 0 Å². The van der Waals surface area contributed by atoms with Crippen LogP contribution in [-0.4, -0.2) is 52.5 Å². The first-order valence-corrected chi connectivity index (χ1v) is 6.05. The number of carbonyl (C=O) groups is 1. The van der Waals surface area contributed by atoms with Crippen molar-refractivity contribution in [3.63, 3.8) is 0 Å². The number of likely N-dealkylation sites (tertiary alicyclic amines) is 1. The van der Waals surface area contributed by atoms with Crippen LogP contribution in [0.1, 0.15) is 12.0 Å². The lowest BCUT2D eigenvalue weighted by Crippen LogP contribution is -2.37. The van der Waals surface area contributed by atoms with Crippen molar-refractivity contribution in [3.05, 3.63) is 29.8 Å². The SMILES string of the molecule is CN1CCC(O)(C#Cc2cccc(OB(O)O)c2)C1=O. The summed E-state index contributed by atoms with van der Waals surface area (Å²) >= 11 is 0. The molecule has 1 aliphatic heterocycles. The zero-order valence-electron chi connectivity index (χ0n) is 10.9. The van der Waals surface area contributed by atoms with Gasteiger partial charge in [0, 0.05) is 25.6 Å². The fourth-order valence-electron chi connectivity index (χ4n) is 1.91. The molecule has 1 heterocycles. The predicted octanol–water partition coefficient (Wildman–Crippen LogP) is -1.02. The van der Waals surface area contributed by atoms with Gasteiger partial charge < -0.3 is 24.7 Å². The lowest BCUT2D eigenvalue weighted by Gasteiger charge is -2.13. The number of benzene rings is 1. The van der Waals surface area contributed by atoms with Crippen LogP contribution in [0.5, 0.6) is 5.75 Å². The Morgan fingerprint density at radius 1 is 1.45 bits per heavy atom. The average Bonchev–Trinajstić information content (AvgIpc) is 2.65. The smallest absolute Gasteiger partial charge is 0.512 e. The molecule has 7 heteroatoms. The van der Waals surface area contributed by atoms with Gasteiger partial charge in [-0.1, -0.05) is 17.9 Å². The first kappa shape index (κ1) is 14.4. The van der Waals surface area contributed by atoms with E-state index in [9.17, 15) is 9.90 Å². The second-order valence-electron chi connectivity index (χ2n) is 4.56. The van der Waals surface area contributed by atoms with Crippen LogP contribution in [-0.2, 0) is 4.79 Å². The van der Waals surface area contributed by atoms with E-state index in [1.807, 2.05) is 0 Å². The standard InChI is InChI=1S/C13H14BNO5/c1-15-8-7-13(17,12(15)16)6-5-10-3-2-4-11(9-10)20-14(18)19/h2-4,9,17-19H,7-8H2,1H3. The van der Waals surface area contributed by atoms with Crippen molar-refractivity contribution < 1.29 is 24.6 Å². The Labute approximate surface area is 116 Å². The molecule has 1 aromatic rings. The number of nitrogens with zero attached hydrogens (tertiary/aromatic N) is 1. The maximum absolute atomic E-state index is 11.7. The second kappa shape index (κ2) is 5.55. The van der Waals surface area contributed by atoms with Gasteiger partial charge in [-0.25, -0.2) is 0 Å². The van der Waals surface area contributed by atoms with Crippen LogP contribution in [0.25, 0.3) is 0 Å². The molecule has 3 N–H and O–H groups in total. The Kier molecular flexibility index (Phi) is 4.00. The number of aliphatic hydroxyl groups is 1. The summed E-state index contributed by atoms with van der Waals surface area (Å²) in [5, 5.41) is 27.6. The van der Waals surface area contributed by atoms with E-state index < -0.39 is 18.8 Å². The summed E-state index contributed by atoms with van der Waals surface area (Å²) in [6.07, 6.45) is 0.265. The summed E-state index contributed by atoms with van der Waals surface area (Å²) in [5.41, 5.74) is -1.15. The van der Waals surface area contributed by atoms with E-state index in [0.717, 1.165) is 0 Å². The normalized spacial score (nSPS) is 21.4. The minimum Gasteiger partial charge on any atom is -0.512 e. The summed E-state index contributed by atoms with van der Waals surface area (Å²) in [7, 11) is -0.300. The molecule has 0 spiro atoms. The molecule has 1 fully saturated rings. The van der Waals surface area contributed by atoms with Gasteiger partial charge in [0.15, 0.2) is 0 Å². The van der Waals surface area contributed by atoms with Crippen LogP contribution in [0.15, 0.2) is 24.3 Å². The molecule has 20 heavy (non-hydrogen) atoms. The van der Waals surface area contributed by atoms with Gasteiger partial charge >= 0.3 is 7.32 Å². The van der Waals surface area contributed by atoms with E-state index in [-0.39, 0.29) is 12.2 Å². The highest BCUT2D eigenvalue weighted by Crippen LogP contribution is 2.21. The molecule has 1 aromatic carbocycles. The number of hydrogen-bond donors (Lipinski definition) is 3. The van der Waals surface area contributed by atoms with Crippen molar-refractivity contribution in [2.75, 3.05) is 13.6 Å². The van der Waals surface area contributed by atoms with Crippen LogP contribution < -0.4 is 4.65 Å². The number of amides is 1. The third-order valence-corrected chi connectivity index (χ3v) is 3.00. The zero-order chi connectivity index (χ0) is 14.8. The minimum atomic E-state index is -1.91. The molecule has 1 atom stereocenters. The molecule has 2 rings (SSSR count). The summed E-state index contributed by atoms with van der Waals surface area (Å²) in [5.74, 6) is 5.09. The predicted molar refractivity (Wildman–Crippen MR) is 71.3 cm³/mol. The van der Waals surface area contributed by atoms with Gasteiger partial charge in [-0.2, -0.15) is 0 Å². The fraction of sp³-hybridized carbons (Fsp3) is 0.308. The highest BCUT2D eigenvalue weighted by Gasteiger charge is 2.42. The molecule has 1 unspecified atom stereocenters. The average molecular weight is 275 g/mol. The molecule has 0 aromatic heterocycles. The van der Waals surface area contributed by atoms with Crippen molar-refractivity contribution in [2.45, 2.75) is 12.0 Å². The van der Waals surface area contributed by atoms with Gasteiger partial charge in [-0.15, -0.1) is 0 Å². The maximum Gasteiger partial charge on any atom is 0.707 e. The van der Waals surface area contributed by atoms with Crippen LogP contribution in [0, 0.1) is 11.8 Å². The lowest BCUT2D eigenvalue weighted by atomic mass is 10.0. The topological polar surface area (TPSA) is 90.2 Å². The molecular formula is C13H14BNO5. The van der Waals surface area contributed by atoms with Gasteiger partial charge in [-0.3, -0.25) is 4.79 Å². The third kappa shape index (κ3) is 3.11. The number of likely N-dealkylation sites (N-methyl/N-ethyl adjacent to an activating group) is 1. The molecule has 0 aliphatic carbocycles. The Morgan fingerprint density at radius 3 is 2.80 bits per heavy atom. The Bertz CT molecular complexity index is 580. The van der Waals surface area contributed by atoms with Gasteiger partial charge in [-0.05, 0) is 18.2 Å². The van der Waals surface area contributed by atoms with Crippen molar-refractivity contribution in [2.24, 2.45) is 0 Å². The van der Waals surface area contributed by atoms with Gasteiger partial charge in [0.2, 0.25) is 5.60 Å². The highest BCUT2D eigenvalue weighted by molar-refractivity contribution is 6.33. The van der Waals surface area contributed by atoms with Gasteiger partial charge in [0.05, 0.1) is 0 Å². The molecule has 104 valence electrons. The van der Waals surface area contributed by atoms with Crippen molar-refractivity contribution in [3.8, 4) is 17.6 Å². The molecule has 1 aliphatic rings. The van der Waals surface area contributed by atoms with Gasteiger partial charge in [0.25, 0.3) is 5.91 Å². The third-order valence-electron chi connectivity index (χ3n) is 3.00. The van der Waals surface area contributed by atoms with Crippen molar-refractivity contribution in [1.82, 2.24) is 4.90 Å². The number of rotatable bonds is 2. The summed E-state index contributed by atoms with van der Waals surface area (Å²) in [4.78, 5) is 13.2. The Morgan fingerprint density at radius 2 is 2.20 bits per heavy atom. The summed E-state index contributed by atoms with van der Waals surface area (Å²) < 4.78 is 4.70. The maximum atomic E-state index is 11.7. The van der Waals surface area contributed by atoms with E-state index in [0.29, 0.717) is 12.1 Å². The quantitative estimate of drug-likeness (QED) is 0.475. The van der Waals surface area contributed by atoms with E-state index >= 15 is 0 Å². The number of carbonyl (C=O) groups excluding carboxylic acids is 1. The largest absolute Gasteiger partial charge is 0.707 e.